The van der Waals surface area contributed by atoms with E-state index in [-0.39, 0.29) is 36.6 Å². The van der Waals surface area contributed by atoms with E-state index in [2.05, 4.69) is 10.3 Å². The fraction of sp³-hybridized carbons (Fsp3) is 0.263. The summed E-state index contributed by atoms with van der Waals surface area (Å²) in [4.78, 5) is 24.6. The quantitative estimate of drug-likeness (QED) is 0.525. The van der Waals surface area contributed by atoms with E-state index in [0.717, 1.165) is 22.9 Å². The van der Waals surface area contributed by atoms with E-state index < -0.39 is 39.7 Å². The Morgan fingerprint density at radius 1 is 1.16 bits per heavy atom. The lowest BCUT2D eigenvalue weighted by Crippen LogP contribution is -2.40. The lowest BCUT2D eigenvalue weighted by Gasteiger charge is -2.26. The minimum Gasteiger partial charge on any atom is -0.438 e. The Kier molecular flexibility index (Phi) is 5.76. The molecular weight excluding hydrogens is 431 g/mol. The van der Waals surface area contributed by atoms with Crippen molar-refractivity contribution in [2.75, 3.05) is 26.3 Å². The van der Waals surface area contributed by atoms with Gasteiger partial charge in [-0.15, -0.1) is 5.10 Å². The molecule has 0 unspecified atom stereocenters. The zero-order valence-electron chi connectivity index (χ0n) is 16.1. The summed E-state index contributed by atoms with van der Waals surface area (Å²) in [5.41, 5.74) is -0.735. The molecule has 31 heavy (non-hydrogen) atoms. The number of aromatic nitrogens is 3. The molecule has 2 heterocycles. The first-order chi connectivity index (χ1) is 14.9. The molecule has 1 aliphatic rings. The monoisotopic (exact) mass is 448 g/mol. The van der Waals surface area contributed by atoms with Gasteiger partial charge in [-0.2, -0.15) is 8.99 Å². The SMILES string of the molecule is O=C(OCn1nnc2ccccc2c1=O)c1cc(S(=O)(=O)N2CCOCC2)ccc1F. The Balaban J connectivity index is 1.56. The number of sulfonamides is 1. The molecule has 1 aromatic heterocycles. The normalized spacial score (nSPS) is 15.1. The number of hydrogen-bond donors (Lipinski definition) is 0. The van der Waals surface area contributed by atoms with Gasteiger partial charge in [-0.3, -0.25) is 4.79 Å². The third kappa shape index (κ3) is 4.17. The lowest BCUT2D eigenvalue weighted by atomic mass is 10.2. The number of ether oxygens (including phenoxy) is 2. The molecule has 12 heteroatoms. The predicted molar refractivity (Wildman–Crippen MR) is 105 cm³/mol. The molecule has 0 saturated carbocycles. The fourth-order valence-corrected chi connectivity index (χ4v) is 4.50. The predicted octanol–water partition coefficient (Wildman–Crippen LogP) is 0.766. The highest BCUT2D eigenvalue weighted by Gasteiger charge is 2.28. The van der Waals surface area contributed by atoms with E-state index in [0.29, 0.717) is 5.52 Å². The smallest absolute Gasteiger partial charge is 0.342 e. The van der Waals surface area contributed by atoms with Crippen molar-refractivity contribution in [1.29, 1.82) is 0 Å². The van der Waals surface area contributed by atoms with Gasteiger partial charge in [0.25, 0.3) is 5.56 Å². The maximum atomic E-state index is 14.2. The Hall–Kier alpha value is -3.22. The largest absolute Gasteiger partial charge is 0.438 e. The molecule has 1 fully saturated rings. The van der Waals surface area contributed by atoms with Gasteiger partial charge in [-0.1, -0.05) is 17.3 Å². The van der Waals surface area contributed by atoms with Gasteiger partial charge in [-0.25, -0.2) is 17.6 Å². The minimum atomic E-state index is -3.93. The van der Waals surface area contributed by atoms with Gasteiger partial charge in [0.15, 0.2) is 6.73 Å². The number of fused-ring (bicyclic) bond motifs is 1. The summed E-state index contributed by atoms with van der Waals surface area (Å²) in [5, 5.41) is 7.82. The van der Waals surface area contributed by atoms with Crippen molar-refractivity contribution in [2.45, 2.75) is 11.6 Å². The third-order valence-corrected chi connectivity index (χ3v) is 6.61. The first kappa shape index (κ1) is 21.0. The fourth-order valence-electron chi connectivity index (χ4n) is 3.06. The van der Waals surface area contributed by atoms with Crippen molar-refractivity contribution >= 4 is 26.9 Å². The van der Waals surface area contributed by atoms with Gasteiger partial charge in [0, 0.05) is 13.1 Å². The number of hydrogen-bond acceptors (Lipinski definition) is 8. The second-order valence-electron chi connectivity index (χ2n) is 6.63. The van der Waals surface area contributed by atoms with E-state index >= 15 is 0 Å². The third-order valence-electron chi connectivity index (χ3n) is 4.71. The summed E-state index contributed by atoms with van der Waals surface area (Å²) in [6.07, 6.45) is 0. The number of morpholine rings is 1. The molecule has 0 radical (unpaired) electrons. The van der Waals surface area contributed by atoms with Gasteiger partial charge < -0.3 is 9.47 Å². The molecule has 10 nitrogen and oxygen atoms in total. The van der Waals surface area contributed by atoms with Crippen LogP contribution in [0.3, 0.4) is 0 Å². The first-order valence-electron chi connectivity index (χ1n) is 9.25. The van der Waals surface area contributed by atoms with Gasteiger partial charge in [-0.05, 0) is 30.3 Å². The van der Waals surface area contributed by atoms with Crippen LogP contribution in [0.15, 0.2) is 52.2 Å². The Labute approximate surface area is 175 Å². The van der Waals surface area contributed by atoms with E-state index in [1.807, 2.05) is 0 Å². The molecule has 3 aromatic rings. The average molecular weight is 448 g/mol. The van der Waals surface area contributed by atoms with Gasteiger partial charge in [0.1, 0.15) is 11.3 Å². The number of rotatable bonds is 5. The van der Waals surface area contributed by atoms with Crippen LogP contribution in [0.25, 0.3) is 10.9 Å². The molecular formula is C19H17FN4O6S. The van der Waals surface area contributed by atoms with E-state index in [1.165, 1.54) is 4.31 Å². The van der Waals surface area contributed by atoms with Gasteiger partial charge in [0.05, 0.1) is 29.1 Å². The molecule has 0 aliphatic carbocycles. The maximum Gasteiger partial charge on any atom is 0.342 e. The van der Waals surface area contributed by atoms with Crippen LogP contribution in [0.1, 0.15) is 10.4 Å². The molecule has 0 spiro atoms. The number of esters is 1. The number of halogens is 1. The Morgan fingerprint density at radius 3 is 2.68 bits per heavy atom. The second kappa shape index (κ2) is 8.49. The van der Waals surface area contributed by atoms with Crippen molar-refractivity contribution in [3.05, 3.63) is 64.2 Å². The van der Waals surface area contributed by atoms with Crippen molar-refractivity contribution in [1.82, 2.24) is 19.3 Å². The molecule has 162 valence electrons. The molecule has 0 N–H and O–H groups in total. The van der Waals surface area contributed by atoms with Gasteiger partial charge >= 0.3 is 5.97 Å². The zero-order valence-corrected chi connectivity index (χ0v) is 16.9. The minimum absolute atomic E-state index is 0.156. The van der Waals surface area contributed by atoms with Crippen LogP contribution in [0.4, 0.5) is 4.39 Å². The van der Waals surface area contributed by atoms with Crippen molar-refractivity contribution < 1.29 is 27.1 Å². The Morgan fingerprint density at radius 2 is 1.90 bits per heavy atom. The van der Waals surface area contributed by atoms with Crippen LogP contribution in [0, 0.1) is 5.82 Å². The maximum absolute atomic E-state index is 14.2. The van der Waals surface area contributed by atoms with Crippen LogP contribution >= 0.6 is 0 Å². The molecule has 1 aliphatic heterocycles. The summed E-state index contributed by atoms with van der Waals surface area (Å²) >= 11 is 0. The number of carbonyl (C=O) groups is 1. The van der Waals surface area contributed by atoms with Crippen molar-refractivity contribution in [3.63, 3.8) is 0 Å². The van der Waals surface area contributed by atoms with Crippen molar-refractivity contribution in [2.24, 2.45) is 0 Å². The highest BCUT2D eigenvalue weighted by atomic mass is 32.2. The van der Waals surface area contributed by atoms with E-state index in [9.17, 15) is 22.4 Å². The van der Waals surface area contributed by atoms with E-state index in [1.54, 1.807) is 24.3 Å². The highest BCUT2D eigenvalue weighted by Crippen LogP contribution is 2.21. The van der Waals surface area contributed by atoms with Crippen molar-refractivity contribution in [3.8, 4) is 0 Å². The first-order valence-corrected chi connectivity index (χ1v) is 10.7. The summed E-state index contributed by atoms with van der Waals surface area (Å²) in [6, 6.07) is 9.37. The molecule has 0 atom stereocenters. The summed E-state index contributed by atoms with van der Waals surface area (Å²) in [6.45, 7) is 0.190. The summed E-state index contributed by atoms with van der Waals surface area (Å²) in [5.74, 6) is -2.10. The highest BCUT2D eigenvalue weighted by molar-refractivity contribution is 7.89. The molecule has 1 saturated heterocycles. The molecule has 0 amide bonds. The zero-order chi connectivity index (χ0) is 22.0. The van der Waals surface area contributed by atoms with Gasteiger partial charge in [0.2, 0.25) is 10.0 Å². The summed E-state index contributed by atoms with van der Waals surface area (Å²) in [7, 11) is -3.93. The van der Waals surface area contributed by atoms with Crippen LogP contribution in [0.5, 0.6) is 0 Å². The van der Waals surface area contributed by atoms with Crippen LogP contribution in [-0.4, -0.2) is 60.0 Å². The Bertz CT molecular complexity index is 1300. The number of carbonyl (C=O) groups excluding carboxylic acids is 1. The number of nitrogens with zero attached hydrogens (tertiary/aromatic N) is 4. The van der Waals surface area contributed by atoms with Crippen LogP contribution in [-0.2, 0) is 26.2 Å². The lowest BCUT2D eigenvalue weighted by molar-refractivity contribution is 0.0330. The molecule has 4 rings (SSSR count). The average Bonchev–Trinajstić information content (AvgIpc) is 2.79. The number of benzene rings is 2. The summed E-state index contributed by atoms with van der Waals surface area (Å²) < 4.78 is 51.9. The van der Waals surface area contributed by atoms with Crippen LogP contribution < -0.4 is 5.56 Å². The second-order valence-corrected chi connectivity index (χ2v) is 8.57. The van der Waals surface area contributed by atoms with Crippen LogP contribution in [0.2, 0.25) is 0 Å². The molecule has 2 aromatic carbocycles. The standard InChI is InChI=1S/C19H17FN4O6S/c20-16-6-5-13(31(27,28)23-7-9-29-10-8-23)11-15(16)19(26)30-12-24-18(25)14-3-1-2-4-17(14)21-22-24/h1-6,11H,7-10,12H2. The van der Waals surface area contributed by atoms with E-state index in [4.69, 9.17) is 9.47 Å². The molecule has 0 bridgehead atoms. The topological polar surface area (TPSA) is 121 Å².